The van der Waals surface area contributed by atoms with Gasteiger partial charge in [0.1, 0.15) is 5.82 Å². The number of rotatable bonds is 7. The SMILES string of the molecule is CCN(CC)S(=O)(=O)c1ccc(CNC(=O)c2sc3cccc(F)c3c2C)cc1. The Bertz CT molecular complexity index is 1130. The molecule has 154 valence electrons. The van der Waals surface area contributed by atoms with Gasteiger partial charge in [0.25, 0.3) is 5.91 Å². The first kappa shape index (κ1) is 21.4. The molecule has 0 aliphatic heterocycles. The number of hydrogen-bond acceptors (Lipinski definition) is 4. The summed E-state index contributed by atoms with van der Waals surface area (Å²) < 4.78 is 41.2. The highest BCUT2D eigenvalue weighted by Crippen LogP contribution is 2.32. The van der Waals surface area contributed by atoms with Gasteiger partial charge in [-0.05, 0) is 42.3 Å². The van der Waals surface area contributed by atoms with Crippen molar-refractivity contribution in [1.29, 1.82) is 0 Å². The van der Waals surface area contributed by atoms with Gasteiger partial charge in [-0.3, -0.25) is 4.79 Å². The Kier molecular flexibility index (Phi) is 6.36. The fraction of sp³-hybridized carbons (Fsp3) is 0.286. The van der Waals surface area contributed by atoms with Crippen LogP contribution in [0, 0.1) is 12.7 Å². The van der Waals surface area contributed by atoms with Gasteiger partial charge in [-0.1, -0.05) is 32.0 Å². The lowest BCUT2D eigenvalue weighted by Gasteiger charge is -2.18. The van der Waals surface area contributed by atoms with Gasteiger partial charge >= 0.3 is 0 Å². The summed E-state index contributed by atoms with van der Waals surface area (Å²) in [5, 5.41) is 3.31. The first-order valence-electron chi connectivity index (χ1n) is 9.34. The number of thiophene rings is 1. The van der Waals surface area contributed by atoms with Crippen molar-refractivity contribution in [2.75, 3.05) is 13.1 Å². The zero-order valence-electron chi connectivity index (χ0n) is 16.5. The predicted octanol–water partition coefficient (Wildman–Crippen LogP) is 4.31. The Morgan fingerprint density at radius 1 is 1.10 bits per heavy atom. The van der Waals surface area contributed by atoms with Crippen LogP contribution in [0.2, 0.25) is 0 Å². The van der Waals surface area contributed by atoms with E-state index in [0.29, 0.717) is 28.9 Å². The maximum Gasteiger partial charge on any atom is 0.261 e. The van der Waals surface area contributed by atoms with E-state index in [4.69, 9.17) is 0 Å². The van der Waals surface area contributed by atoms with Gasteiger partial charge < -0.3 is 5.32 Å². The third kappa shape index (κ3) is 4.19. The van der Waals surface area contributed by atoms with Crippen molar-refractivity contribution in [3.05, 3.63) is 64.3 Å². The molecular formula is C21H23FN2O3S2. The summed E-state index contributed by atoms with van der Waals surface area (Å²) in [4.78, 5) is 13.3. The molecule has 1 heterocycles. The Morgan fingerprint density at radius 3 is 2.34 bits per heavy atom. The maximum absolute atomic E-state index is 14.0. The largest absolute Gasteiger partial charge is 0.347 e. The molecule has 5 nitrogen and oxygen atoms in total. The van der Waals surface area contributed by atoms with Gasteiger partial charge in [-0.2, -0.15) is 4.31 Å². The fourth-order valence-electron chi connectivity index (χ4n) is 3.22. The molecule has 3 aromatic rings. The van der Waals surface area contributed by atoms with E-state index < -0.39 is 10.0 Å². The number of halogens is 1. The molecule has 0 atom stereocenters. The Balaban J connectivity index is 1.73. The van der Waals surface area contributed by atoms with Crippen LogP contribution in [0.4, 0.5) is 4.39 Å². The summed E-state index contributed by atoms with van der Waals surface area (Å²) in [6.45, 7) is 6.40. The highest BCUT2D eigenvalue weighted by atomic mass is 32.2. The molecule has 0 saturated carbocycles. The van der Waals surface area contributed by atoms with Gasteiger partial charge in [0.2, 0.25) is 10.0 Å². The molecule has 0 spiro atoms. The minimum absolute atomic E-state index is 0.229. The molecule has 2 aromatic carbocycles. The number of benzene rings is 2. The lowest BCUT2D eigenvalue weighted by Crippen LogP contribution is -2.30. The van der Waals surface area contributed by atoms with E-state index in [0.717, 1.165) is 10.3 Å². The molecule has 0 bridgehead atoms. The lowest BCUT2D eigenvalue weighted by atomic mass is 10.1. The maximum atomic E-state index is 14.0. The molecule has 1 N–H and O–H groups in total. The molecule has 29 heavy (non-hydrogen) atoms. The van der Waals surface area contributed by atoms with Crippen LogP contribution in [0.15, 0.2) is 47.4 Å². The molecule has 0 saturated heterocycles. The standard InChI is InChI=1S/C21H23FN2O3S2/c1-4-24(5-2)29(26,27)16-11-9-15(10-12-16)13-23-21(25)20-14(3)19-17(22)7-6-8-18(19)28-20/h6-12H,4-5,13H2,1-3H3,(H,23,25). The number of carbonyl (C=O) groups excluding carboxylic acids is 1. The normalized spacial score (nSPS) is 11.9. The minimum Gasteiger partial charge on any atom is -0.347 e. The average molecular weight is 435 g/mol. The minimum atomic E-state index is -3.50. The van der Waals surface area contributed by atoms with Crippen LogP contribution < -0.4 is 5.32 Å². The molecule has 0 aliphatic rings. The van der Waals surface area contributed by atoms with Gasteiger partial charge in [-0.25, -0.2) is 12.8 Å². The van der Waals surface area contributed by atoms with Crippen molar-refractivity contribution in [1.82, 2.24) is 9.62 Å². The number of nitrogens with one attached hydrogen (secondary N) is 1. The van der Waals surface area contributed by atoms with E-state index in [1.165, 1.54) is 21.7 Å². The Labute approximate surface area is 174 Å². The number of hydrogen-bond donors (Lipinski definition) is 1. The van der Waals surface area contributed by atoms with E-state index >= 15 is 0 Å². The summed E-state index contributed by atoms with van der Waals surface area (Å²) in [5.74, 6) is -0.608. The third-order valence-electron chi connectivity index (χ3n) is 4.83. The van der Waals surface area contributed by atoms with Crippen LogP contribution in [0.5, 0.6) is 0 Å². The quantitative estimate of drug-likeness (QED) is 0.603. The number of carbonyl (C=O) groups is 1. The summed E-state index contributed by atoms with van der Waals surface area (Å²) >= 11 is 1.26. The van der Waals surface area contributed by atoms with E-state index in [2.05, 4.69) is 5.32 Å². The zero-order chi connectivity index (χ0) is 21.2. The van der Waals surface area contributed by atoms with Crippen molar-refractivity contribution in [3.8, 4) is 0 Å². The van der Waals surface area contributed by atoms with E-state index in [-0.39, 0.29) is 23.2 Å². The number of amides is 1. The average Bonchev–Trinajstić information content (AvgIpc) is 3.05. The second-order valence-electron chi connectivity index (χ2n) is 6.59. The molecule has 0 aliphatic carbocycles. The zero-order valence-corrected chi connectivity index (χ0v) is 18.2. The van der Waals surface area contributed by atoms with E-state index in [1.54, 1.807) is 57.2 Å². The van der Waals surface area contributed by atoms with Gasteiger partial charge in [0, 0.05) is 29.7 Å². The van der Waals surface area contributed by atoms with E-state index in [9.17, 15) is 17.6 Å². The van der Waals surface area contributed by atoms with Crippen molar-refractivity contribution < 1.29 is 17.6 Å². The molecule has 0 fully saturated rings. The summed E-state index contributed by atoms with van der Waals surface area (Å²) in [5.41, 5.74) is 1.41. The number of aryl methyl sites for hydroxylation is 1. The predicted molar refractivity (Wildman–Crippen MR) is 114 cm³/mol. The Morgan fingerprint density at radius 2 is 1.76 bits per heavy atom. The fourth-order valence-corrected chi connectivity index (χ4v) is 5.82. The van der Waals surface area contributed by atoms with Crippen LogP contribution in [0.25, 0.3) is 10.1 Å². The third-order valence-corrected chi connectivity index (χ3v) is 8.15. The smallest absolute Gasteiger partial charge is 0.261 e. The van der Waals surface area contributed by atoms with Crippen molar-refractivity contribution in [2.45, 2.75) is 32.2 Å². The number of fused-ring (bicyclic) bond motifs is 1. The van der Waals surface area contributed by atoms with Crippen molar-refractivity contribution in [3.63, 3.8) is 0 Å². The topological polar surface area (TPSA) is 66.5 Å². The van der Waals surface area contributed by atoms with Crippen LogP contribution in [0.1, 0.15) is 34.6 Å². The summed E-state index contributed by atoms with van der Waals surface area (Å²) in [7, 11) is -3.50. The summed E-state index contributed by atoms with van der Waals surface area (Å²) in [6.07, 6.45) is 0. The first-order chi connectivity index (χ1) is 13.8. The molecule has 3 rings (SSSR count). The molecule has 1 amide bonds. The van der Waals surface area contributed by atoms with Crippen LogP contribution >= 0.6 is 11.3 Å². The van der Waals surface area contributed by atoms with E-state index in [1.807, 2.05) is 0 Å². The lowest BCUT2D eigenvalue weighted by molar-refractivity contribution is 0.0954. The number of sulfonamides is 1. The van der Waals surface area contributed by atoms with Crippen molar-refractivity contribution in [2.24, 2.45) is 0 Å². The Hall–Kier alpha value is -2.29. The highest BCUT2D eigenvalue weighted by molar-refractivity contribution is 7.89. The molecule has 8 heteroatoms. The monoisotopic (exact) mass is 434 g/mol. The molecule has 0 radical (unpaired) electrons. The molecule has 1 aromatic heterocycles. The van der Waals surface area contributed by atoms with Gasteiger partial charge in [0.05, 0.1) is 9.77 Å². The van der Waals surface area contributed by atoms with Gasteiger partial charge in [-0.15, -0.1) is 11.3 Å². The highest BCUT2D eigenvalue weighted by Gasteiger charge is 2.21. The summed E-state index contributed by atoms with van der Waals surface area (Å²) in [6, 6.07) is 11.3. The second kappa shape index (κ2) is 8.61. The van der Waals surface area contributed by atoms with Crippen LogP contribution in [0.3, 0.4) is 0 Å². The number of nitrogens with zero attached hydrogens (tertiary/aromatic N) is 1. The molecular weight excluding hydrogens is 411 g/mol. The van der Waals surface area contributed by atoms with Gasteiger partial charge in [0.15, 0.2) is 0 Å². The van der Waals surface area contributed by atoms with Crippen molar-refractivity contribution >= 4 is 37.4 Å². The first-order valence-corrected chi connectivity index (χ1v) is 11.6. The van der Waals surface area contributed by atoms with Crippen LogP contribution in [-0.4, -0.2) is 31.7 Å². The molecule has 0 unspecified atom stereocenters. The second-order valence-corrected chi connectivity index (χ2v) is 9.58. The van der Waals surface area contributed by atoms with Crippen LogP contribution in [-0.2, 0) is 16.6 Å².